The summed E-state index contributed by atoms with van der Waals surface area (Å²) in [4.78, 5) is 3.98. The van der Waals surface area contributed by atoms with Gasteiger partial charge in [0.05, 0.1) is 23.5 Å². The van der Waals surface area contributed by atoms with Crippen LogP contribution in [0.15, 0.2) is 30.7 Å². The fraction of sp³-hybridized carbons (Fsp3) is 0.222. The van der Waals surface area contributed by atoms with Crippen LogP contribution in [0.3, 0.4) is 0 Å². The minimum absolute atomic E-state index is 0.435. The van der Waals surface area contributed by atoms with E-state index in [1.165, 1.54) is 0 Å². The van der Waals surface area contributed by atoms with Crippen molar-refractivity contribution < 1.29 is 5.11 Å². The average molecular weight is 162 g/mol. The molecule has 2 heterocycles. The number of hydrogen-bond donors (Lipinski definition) is 1. The van der Waals surface area contributed by atoms with Crippen LogP contribution in [0.25, 0.3) is 5.52 Å². The summed E-state index contributed by atoms with van der Waals surface area (Å²) >= 11 is 0. The van der Waals surface area contributed by atoms with E-state index in [0.717, 1.165) is 11.2 Å². The molecule has 0 saturated carbocycles. The van der Waals surface area contributed by atoms with E-state index >= 15 is 0 Å². The fourth-order valence-electron chi connectivity index (χ4n) is 1.32. The van der Waals surface area contributed by atoms with Crippen molar-refractivity contribution in [3.8, 4) is 0 Å². The lowest BCUT2D eigenvalue weighted by Crippen LogP contribution is -1.96. The zero-order valence-corrected chi connectivity index (χ0v) is 6.81. The molecule has 2 aromatic heterocycles. The lowest BCUT2D eigenvalue weighted by Gasteiger charge is -2.03. The number of aliphatic hydroxyl groups is 1. The highest BCUT2D eigenvalue weighted by Gasteiger charge is 2.05. The molecule has 0 saturated heterocycles. The molecule has 3 heteroatoms. The summed E-state index contributed by atoms with van der Waals surface area (Å²) in [6, 6.07) is 3.84. The number of aliphatic hydroxyl groups excluding tert-OH is 1. The molecular formula is C9H10N2O. The normalized spacial score (nSPS) is 13.5. The van der Waals surface area contributed by atoms with Gasteiger partial charge in [-0.2, -0.15) is 0 Å². The molecular weight excluding hydrogens is 152 g/mol. The number of fused-ring (bicyclic) bond motifs is 1. The molecule has 0 aliphatic carbocycles. The Bertz CT molecular complexity index is 392. The molecule has 2 rings (SSSR count). The van der Waals surface area contributed by atoms with Gasteiger partial charge in [-0.3, -0.25) is 4.98 Å². The molecule has 0 bridgehead atoms. The first-order valence-corrected chi connectivity index (χ1v) is 3.88. The number of hydrogen-bond acceptors (Lipinski definition) is 2. The maximum Gasteiger partial charge on any atom is 0.0915 e. The lowest BCUT2D eigenvalue weighted by molar-refractivity contribution is 0.193. The standard InChI is InChI=1S/C9H10N2O/c1-7(12)9-3-2-8-6-10-4-5-11(8)9/h2-7,12H,1H3. The van der Waals surface area contributed by atoms with Gasteiger partial charge in [-0.1, -0.05) is 0 Å². The number of rotatable bonds is 1. The monoisotopic (exact) mass is 162 g/mol. The highest BCUT2D eigenvalue weighted by molar-refractivity contribution is 5.47. The molecule has 2 aromatic rings. The Balaban J connectivity index is 2.70. The van der Waals surface area contributed by atoms with Crippen molar-refractivity contribution in [2.45, 2.75) is 13.0 Å². The number of aromatic nitrogens is 2. The Hall–Kier alpha value is -1.35. The first-order valence-electron chi connectivity index (χ1n) is 3.88. The third-order valence-corrected chi connectivity index (χ3v) is 1.92. The zero-order chi connectivity index (χ0) is 8.55. The lowest BCUT2D eigenvalue weighted by atomic mass is 10.3. The van der Waals surface area contributed by atoms with Gasteiger partial charge >= 0.3 is 0 Å². The summed E-state index contributed by atoms with van der Waals surface area (Å²) in [5, 5.41) is 9.37. The topological polar surface area (TPSA) is 37.5 Å². The summed E-state index contributed by atoms with van der Waals surface area (Å²) in [7, 11) is 0. The molecule has 0 aliphatic heterocycles. The van der Waals surface area contributed by atoms with Gasteiger partial charge < -0.3 is 9.51 Å². The van der Waals surface area contributed by atoms with Gasteiger partial charge in [0.1, 0.15) is 0 Å². The van der Waals surface area contributed by atoms with Gasteiger partial charge in [-0.05, 0) is 19.1 Å². The van der Waals surface area contributed by atoms with E-state index in [0.29, 0.717) is 0 Å². The smallest absolute Gasteiger partial charge is 0.0915 e. The summed E-state index contributed by atoms with van der Waals surface area (Å²) in [6.45, 7) is 1.75. The average Bonchev–Trinajstić information content (AvgIpc) is 2.47. The van der Waals surface area contributed by atoms with Crippen LogP contribution >= 0.6 is 0 Å². The molecule has 0 radical (unpaired) electrons. The zero-order valence-electron chi connectivity index (χ0n) is 6.81. The number of nitrogens with zero attached hydrogens (tertiary/aromatic N) is 2. The molecule has 1 atom stereocenters. The van der Waals surface area contributed by atoms with Crippen LogP contribution in [-0.4, -0.2) is 14.5 Å². The van der Waals surface area contributed by atoms with Crippen LogP contribution in [0.5, 0.6) is 0 Å². The third-order valence-electron chi connectivity index (χ3n) is 1.92. The van der Waals surface area contributed by atoms with Crippen LogP contribution in [-0.2, 0) is 0 Å². The Labute approximate surface area is 70.3 Å². The van der Waals surface area contributed by atoms with Crippen molar-refractivity contribution in [1.29, 1.82) is 0 Å². The van der Waals surface area contributed by atoms with E-state index in [1.807, 2.05) is 22.7 Å². The molecule has 0 aromatic carbocycles. The van der Waals surface area contributed by atoms with Crippen LogP contribution < -0.4 is 0 Å². The van der Waals surface area contributed by atoms with Crippen molar-refractivity contribution >= 4 is 5.52 Å². The van der Waals surface area contributed by atoms with Gasteiger partial charge in [0.2, 0.25) is 0 Å². The van der Waals surface area contributed by atoms with Gasteiger partial charge in [0.15, 0.2) is 0 Å². The predicted octanol–water partition coefficient (Wildman–Crippen LogP) is 1.39. The van der Waals surface area contributed by atoms with E-state index in [4.69, 9.17) is 0 Å². The van der Waals surface area contributed by atoms with E-state index in [1.54, 1.807) is 19.3 Å². The largest absolute Gasteiger partial charge is 0.387 e. The molecule has 0 aliphatic rings. The van der Waals surface area contributed by atoms with E-state index < -0.39 is 6.10 Å². The summed E-state index contributed by atoms with van der Waals surface area (Å²) in [6.07, 6.45) is 4.89. The highest BCUT2D eigenvalue weighted by Crippen LogP contribution is 2.15. The van der Waals surface area contributed by atoms with Gasteiger partial charge in [0.25, 0.3) is 0 Å². The van der Waals surface area contributed by atoms with E-state index in [-0.39, 0.29) is 0 Å². The van der Waals surface area contributed by atoms with Crippen molar-refractivity contribution in [3.63, 3.8) is 0 Å². The Morgan fingerprint density at radius 2 is 2.33 bits per heavy atom. The predicted molar refractivity (Wildman–Crippen MR) is 45.8 cm³/mol. The van der Waals surface area contributed by atoms with Crippen molar-refractivity contribution in [1.82, 2.24) is 9.38 Å². The van der Waals surface area contributed by atoms with Crippen molar-refractivity contribution in [3.05, 3.63) is 36.4 Å². The summed E-state index contributed by atoms with van der Waals surface area (Å²) in [5.74, 6) is 0. The minimum atomic E-state index is -0.435. The maximum absolute atomic E-state index is 9.37. The van der Waals surface area contributed by atoms with E-state index in [2.05, 4.69) is 4.98 Å². The minimum Gasteiger partial charge on any atom is -0.387 e. The van der Waals surface area contributed by atoms with Gasteiger partial charge in [-0.25, -0.2) is 0 Å². The Kier molecular flexibility index (Phi) is 1.59. The van der Waals surface area contributed by atoms with Gasteiger partial charge in [-0.15, -0.1) is 0 Å². The second kappa shape index (κ2) is 2.60. The van der Waals surface area contributed by atoms with Crippen molar-refractivity contribution in [2.75, 3.05) is 0 Å². The van der Waals surface area contributed by atoms with Crippen LogP contribution in [0.2, 0.25) is 0 Å². The third kappa shape index (κ3) is 0.987. The molecule has 0 fully saturated rings. The second-order valence-corrected chi connectivity index (χ2v) is 2.81. The molecule has 1 N–H and O–H groups in total. The summed E-state index contributed by atoms with van der Waals surface area (Å²) < 4.78 is 1.93. The SMILES string of the molecule is CC(O)c1ccc2cnccn12. The Morgan fingerprint density at radius 1 is 1.50 bits per heavy atom. The van der Waals surface area contributed by atoms with Gasteiger partial charge in [0, 0.05) is 12.4 Å². The maximum atomic E-state index is 9.37. The molecule has 1 unspecified atom stereocenters. The molecule has 3 nitrogen and oxygen atoms in total. The fourth-order valence-corrected chi connectivity index (χ4v) is 1.32. The van der Waals surface area contributed by atoms with Crippen LogP contribution in [0.1, 0.15) is 18.7 Å². The second-order valence-electron chi connectivity index (χ2n) is 2.81. The molecule has 0 amide bonds. The Morgan fingerprint density at radius 3 is 3.08 bits per heavy atom. The highest BCUT2D eigenvalue weighted by atomic mass is 16.3. The summed E-state index contributed by atoms with van der Waals surface area (Å²) in [5.41, 5.74) is 1.90. The molecule has 62 valence electrons. The first kappa shape index (κ1) is 7.31. The molecule has 0 spiro atoms. The van der Waals surface area contributed by atoms with Crippen molar-refractivity contribution in [2.24, 2.45) is 0 Å². The van der Waals surface area contributed by atoms with E-state index in [9.17, 15) is 5.11 Å². The van der Waals surface area contributed by atoms with Crippen LogP contribution in [0, 0.1) is 0 Å². The molecule has 12 heavy (non-hydrogen) atoms. The van der Waals surface area contributed by atoms with Crippen LogP contribution in [0.4, 0.5) is 0 Å². The first-order chi connectivity index (χ1) is 5.79. The quantitative estimate of drug-likeness (QED) is 0.688.